The zero-order chi connectivity index (χ0) is 27.0. The molecular weight excluding hydrogens is 619 g/mol. The summed E-state index contributed by atoms with van der Waals surface area (Å²) in [5.41, 5.74) is 0. The van der Waals surface area contributed by atoms with Crippen molar-refractivity contribution in [1.82, 2.24) is 0 Å². The Labute approximate surface area is 213 Å². The van der Waals surface area contributed by atoms with Crippen molar-refractivity contribution in [2.75, 3.05) is 47.4 Å². The van der Waals surface area contributed by atoms with Crippen LogP contribution in [-0.2, 0) is 53.3 Å². The maximum Gasteiger partial charge on any atom is 0.00506 e. The standard InChI is InChI=1S/C6H16O4P2.C5H8O2.C5H5.CO.F6P.Mo/c1-7-11(8-2)5-6-12(9-3)10-4;1-3-5(6)7-4-2;1-2-4-5-3-1;1-2;1-7(2,3,4,5)6;/h5-6H2,1-4H3;3H,1,4H2,2H3;1-5H;;;/q;;;;-1;. The molecule has 0 heterocycles. The van der Waals surface area contributed by atoms with Crippen molar-refractivity contribution >= 4 is 30.5 Å². The van der Waals surface area contributed by atoms with Crippen LogP contribution in [0.25, 0.3) is 0 Å². The first-order valence-electron chi connectivity index (χ1n) is 8.48. The van der Waals surface area contributed by atoms with Gasteiger partial charge in [0.05, 0.1) is 6.61 Å². The molecule has 0 aromatic heterocycles. The van der Waals surface area contributed by atoms with Gasteiger partial charge in [-0.15, -0.1) is 0 Å². The van der Waals surface area contributed by atoms with Gasteiger partial charge in [0.1, 0.15) is 0 Å². The molecule has 0 unspecified atom stereocenters. The Bertz CT molecular complexity index is 549. The summed E-state index contributed by atoms with van der Waals surface area (Å²) in [5.74, 6) is -0.359. The Balaban J connectivity index is -0.000000111. The van der Waals surface area contributed by atoms with Crippen LogP contribution in [0, 0.1) is 13.1 Å². The summed E-state index contributed by atoms with van der Waals surface area (Å²) < 4.78 is 91.5. The van der Waals surface area contributed by atoms with Gasteiger partial charge in [0.2, 0.25) is 0 Å². The van der Waals surface area contributed by atoms with Crippen LogP contribution < -0.4 is 0 Å². The summed E-state index contributed by atoms with van der Waals surface area (Å²) >= 11 is 0. The van der Waals surface area contributed by atoms with Crippen LogP contribution >= 0.6 is 24.6 Å². The molecule has 0 saturated heterocycles. The van der Waals surface area contributed by atoms with E-state index >= 15 is 0 Å². The van der Waals surface area contributed by atoms with Crippen LogP contribution in [0.1, 0.15) is 6.92 Å². The number of hydrogen-bond acceptors (Lipinski definition) is 6. The summed E-state index contributed by atoms with van der Waals surface area (Å²) in [6.07, 6.45) is 12.9. The smallest absolute Gasteiger partial charge is 0.00506 e. The Morgan fingerprint density at radius 2 is 1.18 bits per heavy atom. The van der Waals surface area contributed by atoms with Crippen molar-refractivity contribution in [3.8, 4) is 0 Å². The van der Waals surface area contributed by atoms with Crippen molar-refractivity contribution in [2.45, 2.75) is 6.92 Å². The van der Waals surface area contributed by atoms with Crippen molar-refractivity contribution in [2.24, 2.45) is 0 Å². The number of carbonyl (C=O) groups is 1. The van der Waals surface area contributed by atoms with Gasteiger partial charge < -0.3 is 22.8 Å². The minimum absolute atomic E-state index is 0. The second kappa shape index (κ2) is 23.2. The fourth-order valence-corrected chi connectivity index (χ4v) is 3.53. The first kappa shape index (κ1) is 43.9. The van der Waals surface area contributed by atoms with Crippen LogP contribution in [0.4, 0.5) is 25.2 Å². The van der Waals surface area contributed by atoms with Crippen molar-refractivity contribution in [3.05, 3.63) is 50.0 Å². The number of rotatable bonds is 9. The fourth-order valence-electron chi connectivity index (χ4n) is 1.20. The molecule has 17 heteroatoms. The minimum atomic E-state index is -10.7. The maximum atomic E-state index is 10.1. The third kappa shape index (κ3) is 58.0. The number of halogens is 6. The van der Waals surface area contributed by atoms with Gasteiger partial charge in [0.15, 0.2) is 16.8 Å². The van der Waals surface area contributed by atoms with Crippen LogP contribution in [0.3, 0.4) is 0 Å². The first-order chi connectivity index (χ1) is 15.0. The van der Waals surface area contributed by atoms with Gasteiger partial charge in [0.25, 0.3) is 0 Å². The molecule has 7 nitrogen and oxygen atoms in total. The Morgan fingerprint density at radius 1 is 0.882 bits per heavy atom. The molecule has 0 aliphatic heterocycles. The van der Waals surface area contributed by atoms with Crippen LogP contribution in [-0.4, -0.2) is 53.3 Å². The number of hydrogen-bond donors (Lipinski definition) is 0. The van der Waals surface area contributed by atoms with Crippen LogP contribution in [0.2, 0.25) is 0 Å². The largest absolute Gasteiger partial charge is 0.0767 e. The van der Waals surface area contributed by atoms with Crippen LogP contribution in [0.15, 0.2) is 37.0 Å². The van der Waals surface area contributed by atoms with E-state index in [1.54, 1.807) is 35.4 Å². The van der Waals surface area contributed by atoms with E-state index in [-0.39, 0.29) is 27.0 Å². The molecule has 1 radical (unpaired) electrons. The van der Waals surface area contributed by atoms with Gasteiger partial charge in [-0.05, 0) is 6.92 Å². The predicted molar refractivity (Wildman–Crippen MR) is 119 cm³/mol. The van der Waals surface area contributed by atoms with E-state index in [1.165, 1.54) is 0 Å². The monoisotopic (exact) mass is 650 g/mol. The summed E-state index contributed by atoms with van der Waals surface area (Å²) in [7, 11) is -5.55. The van der Waals surface area contributed by atoms with Gasteiger partial charge >= 0.3 is 50.3 Å². The third-order valence-corrected chi connectivity index (χ3v) is 5.45. The molecule has 1 aliphatic carbocycles. The van der Waals surface area contributed by atoms with E-state index in [0.717, 1.165) is 18.4 Å². The molecule has 0 atom stereocenters. The quantitative estimate of drug-likeness (QED) is 0.0488. The van der Waals surface area contributed by atoms with Gasteiger partial charge in [-0.1, -0.05) is 30.9 Å². The van der Waals surface area contributed by atoms with Gasteiger partial charge in [0, 0.05) is 74.3 Å². The zero-order valence-electron chi connectivity index (χ0n) is 19.2. The van der Waals surface area contributed by atoms with Crippen molar-refractivity contribution in [1.29, 1.82) is 0 Å². The molecule has 1 rings (SSSR count). The molecule has 0 spiro atoms. The molecule has 0 N–H and O–H groups in total. The minimum Gasteiger partial charge on any atom is -0.0767 e. The van der Waals surface area contributed by atoms with Gasteiger partial charge in [-0.3, -0.25) is 0 Å². The van der Waals surface area contributed by atoms with E-state index in [4.69, 9.17) is 22.7 Å². The summed E-state index contributed by atoms with van der Waals surface area (Å²) in [5, 5.41) is 0. The normalized spacial score (nSPS) is 13.0. The Morgan fingerprint density at radius 3 is 1.29 bits per heavy atom. The zero-order valence-corrected chi connectivity index (χ0v) is 23.9. The maximum absolute atomic E-state index is 10.7. The number of esters is 1. The van der Waals surface area contributed by atoms with E-state index in [1.807, 2.05) is 30.7 Å². The molecular formula is C17H29F6MoO7P3-. The fraction of sp³-hybridized carbons (Fsp3) is 0.471. The van der Waals surface area contributed by atoms with E-state index in [9.17, 15) is 30.0 Å². The molecule has 0 saturated carbocycles. The topological polar surface area (TPSA) is 83.1 Å². The average molecular weight is 648 g/mol. The van der Waals surface area contributed by atoms with E-state index in [2.05, 4.69) is 18.0 Å². The van der Waals surface area contributed by atoms with E-state index in [0.29, 0.717) is 6.61 Å². The van der Waals surface area contributed by atoms with E-state index < -0.39 is 24.6 Å². The summed E-state index contributed by atoms with van der Waals surface area (Å²) in [6.45, 7) is 9.88. The van der Waals surface area contributed by atoms with Crippen molar-refractivity contribution in [3.63, 3.8) is 0 Å². The van der Waals surface area contributed by atoms with Crippen LogP contribution in [0.5, 0.6) is 0 Å². The van der Waals surface area contributed by atoms with Gasteiger partial charge in [-0.2, -0.15) is 0 Å². The average Bonchev–Trinajstić information content (AvgIpc) is 3.31. The molecule has 34 heavy (non-hydrogen) atoms. The number of allylic oxidation sites excluding steroid dienone is 4. The molecule has 1 aliphatic rings. The summed E-state index contributed by atoms with van der Waals surface area (Å²) in [6, 6.07) is 0. The second-order valence-electron chi connectivity index (χ2n) is 4.72. The third-order valence-electron chi connectivity index (χ3n) is 2.29. The molecule has 0 amide bonds. The first-order valence-corrected chi connectivity index (χ1v) is 13.2. The summed E-state index contributed by atoms with van der Waals surface area (Å²) in [4.78, 5) is 10.1. The molecule has 0 aromatic rings. The van der Waals surface area contributed by atoms with Gasteiger partial charge in [-0.25, -0.2) is 4.79 Å². The molecule has 0 aromatic carbocycles. The van der Waals surface area contributed by atoms with Crippen molar-refractivity contribution < 1.29 is 78.5 Å². The molecule has 0 fully saturated rings. The second-order valence-corrected chi connectivity index (χ2v) is 10.3. The Kier molecular flexibility index (Phi) is 30.0. The number of carbonyl (C=O) groups excluding carboxylic acids is 1. The molecule has 0 bridgehead atoms. The number of ether oxygens (including phenoxy) is 1. The SMILES string of the molecule is C=CC(=O)OCC.COP(CCP(OC)OC)OC.F[P-](F)(F)(F)(F)F.[C-]#[O+].[CH]1C=CC=C1.[Mo]. The Hall–Kier alpha value is -0.172. The predicted octanol–water partition coefficient (Wildman–Crippen LogP) is 7.59. The molecule has 203 valence electrons.